The maximum Gasteiger partial charge on any atom is 0.155 e. The molecule has 0 radical (unpaired) electrons. The number of benzene rings is 1. The molecule has 1 aromatic carbocycles. The zero-order valence-corrected chi connectivity index (χ0v) is 15.9. The highest BCUT2D eigenvalue weighted by Gasteiger charge is 2.20. The summed E-state index contributed by atoms with van der Waals surface area (Å²) in [6.07, 6.45) is 6.03. The second-order valence-corrected chi connectivity index (χ2v) is 7.88. The van der Waals surface area contributed by atoms with Crippen LogP contribution in [0, 0.1) is 0 Å². The van der Waals surface area contributed by atoms with Crippen LogP contribution >= 0.6 is 0 Å². The maximum absolute atomic E-state index is 4.34. The van der Waals surface area contributed by atoms with E-state index in [0.717, 1.165) is 18.7 Å². The minimum Gasteiger partial charge on any atom is -0.354 e. The molecule has 27 heavy (non-hydrogen) atoms. The standard InChI is InChI=1S/C22H25N5/c1-14(2)21-18-11-16(15-5-8-23-9-6-15)3-4-19(18)26-22(21)17-7-10-27-20(12-17)24-13-25-27/h3-4,7,10-15,23,26H,5-6,8-9H2,1-2H3. The lowest BCUT2D eigenvalue weighted by atomic mass is 9.88. The van der Waals surface area contributed by atoms with Crippen molar-refractivity contribution in [1.82, 2.24) is 24.9 Å². The van der Waals surface area contributed by atoms with E-state index in [9.17, 15) is 0 Å². The van der Waals surface area contributed by atoms with Crippen molar-refractivity contribution in [1.29, 1.82) is 0 Å². The number of rotatable bonds is 3. The van der Waals surface area contributed by atoms with E-state index in [1.165, 1.54) is 46.1 Å². The van der Waals surface area contributed by atoms with Crippen LogP contribution in [0.4, 0.5) is 0 Å². The van der Waals surface area contributed by atoms with E-state index in [1.54, 1.807) is 10.8 Å². The van der Waals surface area contributed by atoms with Gasteiger partial charge in [-0.1, -0.05) is 19.9 Å². The fraction of sp³-hybridized carbons (Fsp3) is 0.364. The van der Waals surface area contributed by atoms with Gasteiger partial charge in [0.1, 0.15) is 6.33 Å². The van der Waals surface area contributed by atoms with Gasteiger partial charge in [0.15, 0.2) is 5.65 Å². The first-order chi connectivity index (χ1) is 13.2. The summed E-state index contributed by atoms with van der Waals surface area (Å²) in [7, 11) is 0. The van der Waals surface area contributed by atoms with E-state index in [1.807, 2.05) is 6.20 Å². The van der Waals surface area contributed by atoms with Crippen LogP contribution < -0.4 is 5.32 Å². The van der Waals surface area contributed by atoms with Crippen molar-refractivity contribution in [3.05, 3.63) is 54.0 Å². The number of nitrogens with one attached hydrogen (secondary N) is 2. The molecular weight excluding hydrogens is 334 g/mol. The number of piperidine rings is 1. The summed E-state index contributed by atoms with van der Waals surface area (Å²) in [5.41, 5.74) is 7.32. The van der Waals surface area contributed by atoms with Crippen LogP contribution in [0.1, 0.15) is 49.7 Å². The Morgan fingerprint density at radius 1 is 1.11 bits per heavy atom. The Morgan fingerprint density at radius 2 is 1.96 bits per heavy atom. The van der Waals surface area contributed by atoms with Gasteiger partial charge in [-0.05, 0) is 73.2 Å². The summed E-state index contributed by atoms with van der Waals surface area (Å²) in [6.45, 7) is 6.80. The average molecular weight is 359 g/mol. The molecule has 1 aliphatic heterocycles. The van der Waals surface area contributed by atoms with Crippen molar-refractivity contribution in [2.24, 2.45) is 0 Å². The maximum atomic E-state index is 4.34. The molecular formula is C22H25N5. The van der Waals surface area contributed by atoms with E-state index in [0.29, 0.717) is 11.8 Å². The fourth-order valence-corrected chi connectivity index (χ4v) is 4.44. The predicted octanol–water partition coefficient (Wildman–Crippen LogP) is 4.47. The second-order valence-electron chi connectivity index (χ2n) is 7.88. The van der Waals surface area contributed by atoms with Crippen molar-refractivity contribution < 1.29 is 0 Å². The van der Waals surface area contributed by atoms with Gasteiger partial charge < -0.3 is 10.3 Å². The van der Waals surface area contributed by atoms with Crippen LogP contribution in [0.15, 0.2) is 42.9 Å². The summed E-state index contributed by atoms with van der Waals surface area (Å²) < 4.78 is 1.80. The van der Waals surface area contributed by atoms with Gasteiger partial charge in [0.05, 0.1) is 5.69 Å². The van der Waals surface area contributed by atoms with Gasteiger partial charge in [0.25, 0.3) is 0 Å². The minimum atomic E-state index is 0.436. The van der Waals surface area contributed by atoms with Gasteiger partial charge in [-0.2, -0.15) is 5.10 Å². The van der Waals surface area contributed by atoms with Gasteiger partial charge in [0.2, 0.25) is 0 Å². The summed E-state index contributed by atoms with van der Waals surface area (Å²) in [4.78, 5) is 8.02. The lowest BCUT2D eigenvalue weighted by Gasteiger charge is -2.23. The smallest absolute Gasteiger partial charge is 0.155 e. The monoisotopic (exact) mass is 359 g/mol. The van der Waals surface area contributed by atoms with Crippen LogP contribution in [0.25, 0.3) is 27.8 Å². The highest BCUT2D eigenvalue weighted by molar-refractivity contribution is 5.92. The third kappa shape index (κ3) is 2.82. The molecule has 1 fully saturated rings. The molecule has 3 aromatic heterocycles. The number of pyridine rings is 1. The molecule has 0 saturated carbocycles. The van der Waals surface area contributed by atoms with Gasteiger partial charge in [-0.3, -0.25) is 0 Å². The Balaban J connectivity index is 1.66. The van der Waals surface area contributed by atoms with Gasteiger partial charge in [-0.15, -0.1) is 0 Å². The van der Waals surface area contributed by atoms with E-state index in [-0.39, 0.29) is 0 Å². The Hall–Kier alpha value is -2.66. The second kappa shape index (κ2) is 6.50. The molecule has 1 saturated heterocycles. The van der Waals surface area contributed by atoms with Crippen LogP contribution in [-0.2, 0) is 0 Å². The van der Waals surface area contributed by atoms with Crippen LogP contribution in [-0.4, -0.2) is 32.7 Å². The molecule has 0 amide bonds. The fourth-order valence-electron chi connectivity index (χ4n) is 4.44. The number of hydrogen-bond donors (Lipinski definition) is 2. The lowest BCUT2D eigenvalue weighted by molar-refractivity contribution is 0.460. The van der Waals surface area contributed by atoms with Gasteiger partial charge >= 0.3 is 0 Å². The number of hydrogen-bond acceptors (Lipinski definition) is 3. The van der Waals surface area contributed by atoms with Crippen LogP contribution in [0.2, 0.25) is 0 Å². The number of fused-ring (bicyclic) bond motifs is 2. The van der Waals surface area contributed by atoms with Crippen molar-refractivity contribution in [2.75, 3.05) is 13.1 Å². The quantitative estimate of drug-likeness (QED) is 0.567. The highest BCUT2D eigenvalue weighted by atomic mass is 15.3. The van der Waals surface area contributed by atoms with Gasteiger partial charge in [-0.25, -0.2) is 9.50 Å². The molecule has 4 heterocycles. The Kier molecular flexibility index (Phi) is 3.97. The predicted molar refractivity (Wildman–Crippen MR) is 109 cm³/mol. The van der Waals surface area contributed by atoms with Crippen molar-refractivity contribution in [3.8, 4) is 11.3 Å². The van der Waals surface area contributed by atoms with Crippen LogP contribution in [0.3, 0.4) is 0 Å². The van der Waals surface area contributed by atoms with E-state index >= 15 is 0 Å². The number of nitrogens with zero attached hydrogens (tertiary/aromatic N) is 3. The molecule has 1 aliphatic rings. The molecule has 5 heteroatoms. The summed E-state index contributed by atoms with van der Waals surface area (Å²) in [5, 5.41) is 9.04. The molecule has 0 bridgehead atoms. The zero-order valence-electron chi connectivity index (χ0n) is 15.9. The molecule has 0 atom stereocenters. The average Bonchev–Trinajstić information content (AvgIpc) is 3.31. The van der Waals surface area contributed by atoms with Crippen molar-refractivity contribution in [3.63, 3.8) is 0 Å². The molecule has 0 aliphatic carbocycles. The van der Waals surface area contributed by atoms with E-state index in [4.69, 9.17) is 0 Å². The molecule has 5 rings (SSSR count). The number of H-pyrrole nitrogens is 1. The van der Waals surface area contributed by atoms with E-state index in [2.05, 4.69) is 64.6 Å². The Morgan fingerprint density at radius 3 is 2.78 bits per heavy atom. The van der Waals surface area contributed by atoms with Crippen molar-refractivity contribution >= 4 is 16.6 Å². The normalized spacial score (nSPS) is 16.0. The Labute approximate surface area is 158 Å². The number of aromatic amines is 1. The first kappa shape index (κ1) is 16.5. The third-order valence-corrected chi connectivity index (χ3v) is 5.82. The summed E-state index contributed by atoms with van der Waals surface area (Å²) in [5.74, 6) is 1.10. The Bertz CT molecular complexity index is 1100. The molecule has 2 N–H and O–H groups in total. The highest BCUT2D eigenvalue weighted by Crippen LogP contribution is 2.38. The number of aromatic nitrogens is 4. The van der Waals surface area contributed by atoms with Crippen LogP contribution in [0.5, 0.6) is 0 Å². The van der Waals surface area contributed by atoms with E-state index < -0.39 is 0 Å². The van der Waals surface area contributed by atoms with Crippen molar-refractivity contribution in [2.45, 2.75) is 38.5 Å². The topological polar surface area (TPSA) is 58.0 Å². The molecule has 0 unspecified atom stereocenters. The molecule has 0 spiro atoms. The largest absolute Gasteiger partial charge is 0.354 e. The molecule has 4 aromatic rings. The SMILES string of the molecule is CC(C)c1c(-c2ccn3ncnc3c2)[nH]c2ccc(C3CCNCC3)cc12. The lowest BCUT2D eigenvalue weighted by Crippen LogP contribution is -2.26. The first-order valence-electron chi connectivity index (χ1n) is 9.86. The summed E-state index contributed by atoms with van der Waals surface area (Å²) in [6, 6.07) is 11.2. The summed E-state index contributed by atoms with van der Waals surface area (Å²) >= 11 is 0. The van der Waals surface area contributed by atoms with Gasteiger partial charge in [0, 0.05) is 22.7 Å². The first-order valence-corrected chi connectivity index (χ1v) is 9.86. The third-order valence-electron chi connectivity index (χ3n) is 5.82. The molecule has 138 valence electrons. The minimum absolute atomic E-state index is 0.436. The zero-order chi connectivity index (χ0) is 18.4. The molecule has 5 nitrogen and oxygen atoms in total.